The highest BCUT2D eigenvalue weighted by Crippen LogP contribution is 2.35. The molecule has 0 bridgehead atoms. The SMILES string of the molecule is Nc1c(Nc2ccc(Cl)cc2Cl)ncnc1Oc1cccc2ccccc12. The van der Waals surface area contributed by atoms with Crippen LogP contribution in [0, 0.1) is 0 Å². The van der Waals surface area contributed by atoms with Crippen LogP contribution in [0.1, 0.15) is 0 Å². The van der Waals surface area contributed by atoms with Gasteiger partial charge in [-0.3, -0.25) is 0 Å². The van der Waals surface area contributed by atoms with Crippen LogP contribution >= 0.6 is 23.2 Å². The number of benzene rings is 3. The predicted octanol–water partition coefficient (Wildman–Crippen LogP) is 6.05. The molecule has 0 fully saturated rings. The summed E-state index contributed by atoms with van der Waals surface area (Å²) in [6.45, 7) is 0. The first-order valence-electron chi connectivity index (χ1n) is 8.10. The first-order chi connectivity index (χ1) is 13.1. The molecule has 0 spiro atoms. The Kier molecular flexibility index (Phi) is 4.71. The Morgan fingerprint density at radius 3 is 2.59 bits per heavy atom. The van der Waals surface area contributed by atoms with Crippen molar-refractivity contribution >= 4 is 51.2 Å². The van der Waals surface area contributed by atoms with Gasteiger partial charge in [0.05, 0.1) is 10.7 Å². The van der Waals surface area contributed by atoms with Crippen molar-refractivity contribution in [3.63, 3.8) is 0 Å². The van der Waals surface area contributed by atoms with Crippen molar-refractivity contribution in [2.75, 3.05) is 11.1 Å². The van der Waals surface area contributed by atoms with Crippen molar-refractivity contribution < 1.29 is 4.74 Å². The van der Waals surface area contributed by atoms with Crippen LogP contribution in [0.15, 0.2) is 67.0 Å². The molecule has 134 valence electrons. The number of rotatable bonds is 4. The van der Waals surface area contributed by atoms with E-state index in [9.17, 15) is 0 Å². The molecule has 5 nitrogen and oxygen atoms in total. The molecule has 0 atom stereocenters. The molecule has 27 heavy (non-hydrogen) atoms. The van der Waals surface area contributed by atoms with E-state index in [4.69, 9.17) is 33.7 Å². The van der Waals surface area contributed by atoms with E-state index >= 15 is 0 Å². The van der Waals surface area contributed by atoms with E-state index in [1.807, 2.05) is 42.5 Å². The van der Waals surface area contributed by atoms with Gasteiger partial charge in [-0.1, -0.05) is 59.6 Å². The monoisotopic (exact) mass is 396 g/mol. The summed E-state index contributed by atoms with van der Waals surface area (Å²) in [6.07, 6.45) is 1.38. The molecule has 4 rings (SSSR count). The fourth-order valence-corrected chi connectivity index (χ4v) is 3.12. The van der Waals surface area contributed by atoms with Gasteiger partial charge in [0, 0.05) is 10.4 Å². The van der Waals surface area contributed by atoms with Crippen LogP contribution in [0.25, 0.3) is 10.8 Å². The molecule has 0 aliphatic carbocycles. The molecular weight excluding hydrogens is 383 g/mol. The van der Waals surface area contributed by atoms with Crippen LogP contribution in [-0.4, -0.2) is 9.97 Å². The lowest BCUT2D eigenvalue weighted by molar-refractivity contribution is 0.470. The molecular formula is C20H14Cl2N4O. The fraction of sp³-hybridized carbons (Fsp3) is 0. The van der Waals surface area contributed by atoms with Crippen molar-refractivity contribution in [1.82, 2.24) is 9.97 Å². The summed E-state index contributed by atoms with van der Waals surface area (Å²) < 4.78 is 5.98. The second-order valence-electron chi connectivity index (χ2n) is 5.77. The lowest BCUT2D eigenvalue weighted by Gasteiger charge is -2.13. The Labute approximate surface area is 165 Å². The van der Waals surface area contributed by atoms with Crippen LogP contribution in [0.3, 0.4) is 0 Å². The molecule has 0 unspecified atom stereocenters. The summed E-state index contributed by atoms with van der Waals surface area (Å²) in [6, 6.07) is 18.8. The molecule has 1 aromatic heterocycles. The number of hydrogen-bond acceptors (Lipinski definition) is 5. The Morgan fingerprint density at radius 2 is 1.74 bits per heavy atom. The Morgan fingerprint density at radius 1 is 0.926 bits per heavy atom. The zero-order valence-electron chi connectivity index (χ0n) is 14.0. The molecule has 0 saturated carbocycles. The molecule has 0 radical (unpaired) electrons. The summed E-state index contributed by atoms with van der Waals surface area (Å²) in [4.78, 5) is 8.35. The van der Waals surface area contributed by atoms with Gasteiger partial charge >= 0.3 is 0 Å². The molecule has 3 N–H and O–H groups in total. The molecule has 1 heterocycles. The molecule has 3 aromatic carbocycles. The number of nitrogens with one attached hydrogen (secondary N) is 1. The minimum atomic E-state index is 0.258. The van der Waals surface area contributed by atoms with E-state index < -0.39 is 0 Å². The number of aromatic nitrogens is 2. The van der Waals surface area contributed by atoms with Crippen LogP contribution in [-0.2, 0) is 0 Å². The second-order valence-corrected chi connectivity index (χ2v) is 6.61. The molecule has 0 aliphatic heterocycles. The Hall–Kier alpha value is -3.02. The van der Waals surface area contributed by atoms with Gasteiger partial charge in [-0.25, -0.2) is 4.98 Å². The Bertz CT molecular complexity index is 1130. The van der Waals surface area contributed by atoms with E-state index in [0.29, 0.717) is 27.3 Å². The van der Waals surface area contributed by atoms with Crippen molar-refractivity contribution in [2.45, 2.75) is 0 Å². The predicted molar refractivity (Wildman–Crippen MR) is 110 cm³/mol. The van der Waals surface area contributed by atoms with Gasteiger partial charge < -0.3 is 15.8 Å². The van der Waals surface area contributed by atoms with Crippen LogP contribution in [0.4, 0.5) is 17.2 Å². The van der Waals surface area contributed by atoms with Gasteiger partial charge in [0.15, 0.2) is 5.82 Å². The number of nitrogens with two attached hydrogens (primary N) is 1. The zero-order valence-corrected chi connectivity index (χ0v) is 15.5. The van der Waals surface area contributed by atoms with Gasteiger partial charge in [-0.2, -0.15) is 4.98 Å². The number of anilines is 3. The lowest BCUT2D eigenvalue weighted by Crippen LogP contribution is -2.03. The molecule has 0 amide bonds. The lowest BCUT2D eigenvalue weighted by atomic mass is 10.1. The summed E-state index contributed by atoms with van der Waals surface area (Å²) in [5.74, 6) is 1.31. The van der Waals surface area contributed by atoms with E-state index in [2.05, 4.69) is 15.3 Å². The maximum atomic E-state index is 6.22. The quantitative estimate of drug-likeness (QED) is 0.438. The van der Waals surface area contributed by atoms with Gasteiger partial charge in [-0.15, -0.1) is 0 Å². The van der Waals surface area contributed by atoms with Gasteiger partial charge in [-0.05, 0) is 29.7 Å². The standard InChI is InChI=1S/C20H14Cl2N4O/c21-13-8-9-16(15(22)10-13)26-19-18(23)20(25-11-24-19)27-17-7-3-5-12-4-1-2-6-14(12)17/h1-11H,23H2,(H,24,25,26). The van der Waals surface area contributed by atoms with Gasteiger partial charge in [0.25, 0.3) is 0 Å². The molecule has 4 aromatic rings. The number of fused-ring (bicyclic) bond motifs is 1. The first-order valence-corrected chi connectivity index (χ1v) is 8.85. The van der Waals surface area contributed by atoms with Gasteiger partial charge in [0.1, 0.15) is 17.8 Å². The average molecular weight is 397 g/mol. The van der Waals surface area contributed by atoms with Crippen molar-refractivity contribution in [2.24, 2.45) is 0 Å². The van der Waals surface area contributed by atoms with E-state index in [0.717, 1.165) is 10.8 Å². The van der Waals surface area contributed by atoms with E-state index in [-0.39, 0.29) is 11.6 Å². The van der Waals surface area contributed by atoms with E-state index in [1.165, 1.54) is 6.33 Å². The largest absolute Gasteiger partial charge is 0.436 e. The Balaban J connectivity index is 1.67. The van der Waals surface area contributed by atoms with Crippen molar-refractivity contribution in [1.29, 1.82) is 0 Å². The summed E-state index contributed by atoms with van der Waals surface area (Å²) in [7, 11) is 0. The van der Waals surface area contributed by atoms with Crippen molar-refractivity contribution in [3.8, 4) is 11.6 Å². The minimum absolute atomic E-state index is 0.258. The fourth-order valence-electron chi connectivity index (χ4n) is 2.67. The summed E-state index contributed by atoms with van der Waals surface area (Å²) in [5.41, 5.74) is 7.12. The highest BCUT2D eigenvalue weighted by molar-refractivity contribution is 6.36. The first kappa shape index (κ1) is 17.4. The number of halogens is 2. The highest BCUT2D eigenvalue weighted by atomic mass is 35.5. The molecule has 7 heteroatoms. The van der Waals surface area contributed by atoms with Crippen LogP contribution in [0.5, 0.6) is 11.6 Å². The maximum absolute atomic E-state index is 6.22. The third-order valence-electron chi connectivity index (χ3n) is 3.99. The molecule has 0 aliphatic rings. The summed E-state index contributed by atoms with van der Waals surface area (Å²) >= 11 is 12.1. The van der Waals surface area contributed by atoms with Crippen LogP contribution < -0.4 is 15.8 Å². The summed E-state index contributed by atoms with van der Waals surface area (Å²) in [5, 5.41) is 6.11. The minimum Gasteiger partial charge on any atom is -0.436 e. The van der Waals surface area contributed by atoms with Crippen molar-refractivity contribution in [3.05, 3.63) is 77.0 Å². The molecule has 0 saturated heterocycles. The zero-order chi connectivity index (χ0) is 18.8. The third-order valence-corrected chi connectivity index (χ3v) is 4.54. The number of hydrogen-bond donors (Lipinski definition) is 2. The highest BCUT2D eigenvalue weighted by Gasteiger charge is 2.13. The van der Waals surface area contributed by atoms with Gasteiger partial charge in [0.2, 0.25) is 5.88 Å². The van der Waals surface area contributed by atoms with E-state index in [1.54, 1.807) is 18.2 Å². The maximum Gasteiger partial charge on any atom is 0.248 e. The second kappa shape index (κ2) is 7.31. The number of nitrogens with zero attached hydrogens (tertiary/aromatic N) is 2. The number of nitrogen functional groups attached to an aromatic ring is 1. The average Bonchev–Trinajstić information content (AvgIpc) is 2.67. The van der Waals surface area contributed by atoms with Crippen LogP contribution in [0.2, 0.25) is 10.0 Å². The third kappa shape index (κ3) is 3.60. The smallest absolute Gasteiger partial charge is 0.248 e. The topological polar surface area (TPSA) is 73.1 Å². The number of ether oxygens (including phenoxy) is 1. The normalized spacial score (nSPS) is 10.7.